The van der Waals surface area contributed by atoms with Crippen molar-refractivity contribution in [3.8, 4) is 0 Å². The minimum absolute atomic E-state index is 0.00720. The van der Waals surface area contributed by atoms with E-state index in [4.69, 9.17) is 21.1 Å². The third-order valence-corrected chi connectivity index (χ3v) is 5.17. The summed E-state index contributed by atoms with van der Waals surface area (Å²) in [6.45, 7) is 3.49. The lowest BCUT2D eigenvalue weighted by Gasteiger charge is -2.11. The average Bonchev–Trinajstić information content (AvgIpc) is 2.94. The number of aromatic nitrogens is 2. The van der Waals surface area contributed by atoms with Crippen molar-refractivity contribution in [2.45, 2.75) is 18.9 Å². The molecule has 0 aliphatic heterocycles. The first-order valence-corrected chi connectivity index (χ1v) is 9.74. The van der Waals surface area contributed by atoms with E-state index in [-0.39, 0.29) is 40.2 Å². The summed E-state index contributed by atoms with van der Waals surface area (Å²) in [4.78, 5) is 27.8. The molecular weight excluding hydrogens is 398 g/mol. The summed E-state index contributed by atoms with van der Waals surface area (Å²) < 4.78 is 38.5. The van der Waals surface area contributed by atoms with Crippen LogP contribution in [0.4, 0.5) is 5.69 Å². The maximum Gasteiger partial charge on any atom is 0.338 e. The van der Waals surface area contributed by atoms with Gasteiger partial charge in [0.25, 0.3) is 10.0 Å². The minimum atomic E-state index is -4.15. The summed E-state index contributed by atoms with van der Waals surface area (Å²) in [7, 11) is -2.61. The molecular formula is C16H18ClN3O6S. The van der Waals surface area contributed by atoms with Crippen molar-refractivity contribution in [1.29, 1.82) is 0 Å². The second kappa shape index (κ2) is 8.40. The van der Waals surface area contributed by atoms with Crippen molar-refractivity contribution in [1.82, 2.24) is 9.55 Å². The molecule has 0 amide bonds. The summed E-state index contributed by atoms with van der Waals surface area (Å²) >= 11 is 5.94. The second-order valence-corrected chi connectivity index (χ2v) is 7.25. The largest absolute Gasteiger partial charge is 0.462 e. The van der Waals surface area contributed by atoms with Gasteiger partial charge in [0.05, 0.1) is 36.4 Å². The van der Waals surface area contributed by atoms with E-state index in [1.807, 2.05) is 0 Å². The van der Waals surface area contributed by atoms with Crippen molar-refractivity contribution >= 4 is 39.3 Å². The predicted octanol–water partition coefficient (Wildman–Crippen LogP) is 2.23. The highest BCUT2D eigenvalue weighted by Crippen LogP contribution is 2.24. The molecule has 2 rings (SSSR count). The van der Waals surface area contributed by atoms with E-state index in [2.05, 4.69) is 9.71 Å². The van der Waals surface area contributed by atoms with Gasteiger partial charge in [0.1, 0.15) is 5.15 Å². The highest BCUT2D eigenvalue weighted by Gasteiger charge is 2.24. The van der Waals surface area contributed by atoms with Gasteiger partial charge in [0.2, 0.25) is 5.03 Å². The number of anilines is 1. The van der Waals surface area contributed by atoms with E-state index in [0.29, 0.717) is 0 Å². The Hall–Kier alpha value is -2.59. The quantitative estimate of drug-likeness (QED) is 0.689. The number of sulfonamides is 1. The maximum absolute atomic E-state index is 12.5. The fourth-order valence-electron chi connectivity index (χ4n) is 2.13. The van der Waals surface area contributed by atoms with Crippen LogP contribution in [-0.4, -0.2) is 43.1 Å². The molecule has 9 nitrogen and oxygen atoms in total. The molecule has 0 atom stereocenters. The van der Waals surface area contributed by atoms with Crippen LogP contribution in [0.1, 0.15) is 34.6 Å². The molecule has 0 saturated heterocycles. The maximum atomic E-state index is 12.5. The minimum Gasteiger partial charge on any atom is -0.462 e. The van der Waals surface area contributed by atoms with Crippen LogP contribution in [0.3, 0.4) is 0 Å². The number of nitrogens with zero attached hydrogens (tertiary/aromatic N) is 2. The van der Waals surface area contributed by atoms with Gasteiger partial charge >= 0.3 is 11.9 Å². The molecule has 0 saturated carbocycles. The highest BCUT2D eigenvalue weighted by atomic mass is 35.5. The van der Waals surface area contributed by atoms with Gasteiger partial charge in [-0.3, -0.25) is 4.72 Å². The van der Waals surface area contributed by atoms with Crippen LogP contribution in [0, 0.1) is 0 Å². The van der Waals surface area contributed by atoms with Gasteiger partial charge in [-0.15, -0.1) is 0 Å². The standard InChI is InChI=1S/C16H18ClN3O6S/c1-4-25-15(21)10-6-11(16(22)26-5-2)8-12(7-10)19-27(23,24)14-13(17)20(3)9-18-14/h6-9,19H,4-5H2,1-3H3. The molecule has 2 aromatic rings. The zero-order valence-corrected chi connectivity index (χ0v) is 16.4. The van der Waals surface area contributed by atoms with Crippen molar-refractivity contribution in [2.75, 3.05) is 17.9 Å². The van der Waals surface area contributed by atoms with Gasteiger partial charge in [-0.25, -0.2) is 14.6 Å². The van der Waals surface area contributed by atoms with E-state index >= 15 is 0 Å². The Kier molecular flexibility index (Phi) is 6.45. The number of carbonyl (C=O) groups excluding carboxylic acids is 2. The van der Waals surface area contributed by atoms with E-state index in [1.165, 1.54) is 36.1 Å². The number of hydrogen-bond donors (Lipinski definition) is 1. The van der Waals surface area contributed by atoms with Gasteiger partial charge in [-0.1, -0.05) is 11.6 Å². The van der Waals surface area contributed by atoms with Gasteiger partial charge in [0.15, 0.2) is 0 Å². The summed E-state index contributed by atoms with van der Waals surface area (Å²) in [5, 5.41) is -0.472. The molecule has 27 heavy (non-hydrogen) atoms. The first-order chi connectivity index (χ1) is 12.7. The monoisotopic (exact) mass is 415 g/mol. The molecule has 0 spiro atoms. The van der Waals surface area contributed by atoms with Crippen molar-refractivity contribution in [3.05, 3.63) is 40.8 Å². The van der Waals surface area contributed by atoms with Crippen LogP contribution in [0.2, 0.25) is 5.15 Å². The van der Waals surface area contributed by atoms with Gasteiger partial charge in [0, 0.05) is 7.05 Å². The Morgan fingerprint density at radius 2 is 1.63 bits per heavy atom. The summed E-state index contributed by atoms with van der Waals surface area (Å²) in [5.74, 6) is -1.42. The van der Waals surface area contributed by atoms with E-state index < -0.39 is 22.0 Å². The first kappa shape index (κ1) is 20.7. The predicted molar refractivity (Wildman–Crippen MR) is 97.4 cm³/mol. The number of nitrogens with one attached hydrogen (secondary N) is 1. The molecule has 1 N–H and O–H groups in total. The number of halogens is 1. The van der Waals surface area contributed by atoms with E-state index in [1.54, 1.807) is 13.8 Å². The number of benzene rings is 1. The third-order valence-electron chi connectivity index (χ3n) is 3.30. The molecule has 1 aromatic carbocycles. The lowest BCUT2D eigenvalue weighted by Crippen LogP contribution is -2.16. The Morgan fingerprint density at radius 3 is 2.04 bits per heavy atom. The molecule has 0 fully saturated rings. The number of aryl methyl sites for hydroxylation is 1. The lowest BCUT2D eigenvalue weighted by molar-refractivity contribution is 0.0525. The van der Waals surface area contributed by atoms with Crippen molar-refractivity contribution in [3.63, 3.8) is 0 Å². The third kappa shape index (κ3) is 4.77. The second-order valence-electron chi connectivity index (χ2n) is 5.30. The number of rotatable bonds is 7. The fourth-order valence-corrected chi connectivity index (χ4v) is 3.60. The number of carbonyl (C=O) groups is 2. The molecule has 0 unspecified atom stereocenters. The van der Waals surface area contributed by atoms with Crippen LogP contribution in [0.5, 0.6) is 0 Å². The van der Waals surface area contributed by atoms with Crippen LogP contribution >= 0.6 is 11.6 Å². The van der Waals surface area contributed by atoms with E-state index in [0.717, 1.165) is 0 Å². The van der Waals surface area contributed by atoms with Crippen LogP contribution in [0.25, 0.3) is 0 Å². The van der Waals surface area contributed by atoms with Gasteiger partial charge in [-0.05, 0) is 32.0 Å². The Labute approximate surface area is 161 Å². The first-order valence-electron chi connectivity index (χ1n) is 7.88. The Bertz CT molecular complexity index is 934. The zero-order chi connectivity index (χ0) is 20.2. The smallest absolute Gasteiger partial charge is 0.338 e. The molecule has 0 aliphatic carbocycles. The molecule has 1 heterocycles. The van der Waals surface area contributed by atoms with Gasteiger partial charge in [-0.2, -0.15) is 8.42 Å². The fraction of sp³-hybridized carbons (Fsp3) is 0.312. The van der Waals surface area contributed by atoms with Crippen molar-refractivity contribution < 1.29 is 27.5 Å². The molecule has 146 valence electrons. The summed E-state index contributed by atoms with van der Waals surface area (Å²) in [5.41, 5.74) is -0.0511. The number of hydrogen-bond acceptors (Lipinski definition) is 7. The molecule has 0 aliphatic rings. The molecule has 1 aromatic heterocycles. The summed E-state index contributed by atoms with van der Waals surface area (Å²) in [6.07, 6.45) is 1.25. The SMILES string of the molecule is CCOC(=O)c1cc(NS(=O)(=O)c2ncn(C)c2Cl)cc(C(=O)OCC)c1. The lowest BCUT2D eigenvalue weighted by atomic mass is 10.1. The number of esters is 2. The van der Waals surface area contributed by atoms with Gasteiger partial charge < -0.3 is 14.0 Å². The van der Waals surface area contributed by atoms with Crippen LogP contribution in [0.15, 0.2) is 29.6 Å². The Balaban J connectivity index is 2.46. The number of ether oxygens (including phenoxy) is 2. The highest BCUT2D eigenvalue weighted by molar-refractivity contribution is 7.92. The summed E-state index contributed by atoms with van der Waals surface area (Å²) in [6, 6.07) is 3.76. The molecule has 11 heteroatoms. The molecule has 0 radical (unpaired) electrons. The normalized spacial score (nSPS) is 11.1. The topological polar surface area (TPSA) is 117 Å². The van der Waals surface area contributed by atoms with Crippen LogP contribution in [-0.2, 0) is 26.5 Å². The van der Waals surface area contributed by atoms with Crippen LogP contribution < -0.4 is 4.72 Å². The zero-order valence-electron chi connectivity index (χ0n) is 14.9. The van der Waals surface area contributed by atoms with Crippen molar-refractivity contribution in [2.24, 2.45) is 7.05 Å². The molecule has 0 bridgehead atoms. The Morgan fingerprint density at radius 1 is 1.11 bits per heavy atom. The van der Waals surface area contributed by atoms with E-state index in [9.17, 15) is 18.0 Å². The number of imidazole rings is 1. The average molecular weight is 416 g/mol.